The summed E-state index contributed by atoms with van der Waals surface area (Å²) in [7, 11) is 1.14. The summed E-state index contributed by atoms with van der Waals surface area (Å²) in [6.45, 7) is 1.32. The van der Waals surface area contributed by atoms with Crippen molar-refractivity contribution in [3.63, 3.8) is 0 Å². The monoisotopic (exact) mass is 230 g/mol. The molecule has 0 aliphatic carbocycles. The third-order valence-corrected chi connectivity index (χ3v) is 1.95. The van der Waals surface area contributed by atoms with Gasteiger partial charge in [-0.2, -0.15) is 0 Å². The molecule has 0 saturated carbocycles. The van der Waals surface area contributed by atoms with Crippen molar-refractivity contribution in [1.29, 1.82) is 0 Å². The number of carbonyl (C=O) groups is 1. The van der Waals surface area contributed by atoms with Crippen molar-refractivity contribution < 1.29 is 22.7 Å². The first-order chi connectivity index (χ1) is 7.47. The Morgan fingerprint density at radius 3 is 2.38 bits per heavy atom. The lowest BCUT2D eigenvalue weighted by molar-refractivity contribution is -0.135. The summed E-state index contributed by atoms with van der Waals surface area (Å²) in [5.41, 5.74) is -0.617. The van der Waals surface area contributed by atoms with Crippen molar-refractivity contribution in [2.24, 2.45) is 0 Å². The van der Waals surface area contributed by atoms with Crippen molar-refractivity contribution in [1.82, 2.24) is 0 Å². The normalized spacial score (nSPS) is 11.4. The molecule has 0 bridgehead atoms. The molecule has 16 heavy (non-hydrogen) atoms. The Morgan fingerprint density at radius 1 is 1.25 bits per heavy atom. The molecule has 0 heterocycles. The van der Waals surface area contributed by atoms with Crippen LogP contribution in [0.15, 0.2) is 17.7 Å². The minimum absolute atomic E-state index is 0.0223. The van der Waals surface area contributed by atoms with E-state index in [9.17, 15) is 18.0 Å². The maximum atomic E-state index is 13.2. The first-order valence-electron chi connectivity index (χ1n) is 4.37. The van der Waals surface area contributed by atoms with E-state index in [2.05, 4.69) is 4.74 Å². The van der Waals surface area contributed by atoms with E-state index in [-0.39, 0.29) is 5.57 Å². The van der Waals surface area contributed by atoms with E-state index in [4.69, 9.17) is 0 Å². The maximum Gasteiger partial charge on any atom is 0.333 e. The summed E-state index contributed by atoms with van der Waals surface area (Å²) in [6.07, 6.45) is 0.902. The molecule has 0 fully saturated rings. The van der Waals surface area contributed by atoms with Crippen LogP contribution in [0.1, 0.15) is 12.5 Å². The first kappa shape index (κ1) is 12.3. The molecule has 0 radical (unpaired) electrons. The van der Waals surface area contributed by atoms with Gasteiger partial charge in [0.1, 0.15) is 5.82 Å². The second-order valence-electron chi connectivity index (χ2n) is 3.08. The predicted molar refractivity (Wildman–Crippen MR) is 52.0 cm³/mol. The van der Waals surface area contributed by atoms with E-state index in [1.807, 2.05) is 0 Å². The Kier molecular flexibility index (Phi) is 3.71. The molecule has 0 N–H and O–H groups in total. The number of benzene rings is 1. The van der Waals surface area contributed by atoms with E-state index in [1.54, 1.807) is 0 Å². The zero-order valence-corrected chi connectivity index (χ0v) is 8.68. The molecule has 0 saturated heterocycles. The SMILES string of the molecule is COC(=O)/C(C)=C\c1c(F)ccc(F)c1F. The standard InChI is InChI=1S/C11H9F3O2/c1-6(11(15)16-2)5-7-8(12)3-4-9(13)10(7)14/h3-5H,1-2H3/b6-5-. The summed E-state index contributed by atoms with van der Waals surface area (Å²) in [4.78, 5) is 11.0. The molecular weight excluding hydrogens is 221 g/mol. The van der Waals surface area contributed by atoms with Crippen LogP contribution in [0.3, 0.4) is 0 Å². The van der Waals surface area contributed by atoms with Crippen molar-refractivity contribution in [3.8, 4) is 0 Å². The number of esters is 1. The third-order valence-electron chi connectivity index (χ3n) is 1.95. The molecule has 86 valence electrons. The summed E-state index contributed by atoms with van der Waals surface area (Å²) >= 11 is 0. The van der Waals surface area contributed by atoms with Gasteiger partial charge in [0, 0.05) is 11.1 Å². The topological polar surface area (TPSA) is 26.3 Å². The quantitative estimate of drug-likeness (QED) is 0.443. The molecule has 0 atom stereocenters. The molecule has 1 aromatic rings. The number of hydrogen-bond donors (Lipinski definition) is 0. The van der Waals surface area contributed by atoms with Gasteiger partial charge in [-0.3, -0.25) is 0 Å². The van der Waals surface area contributed by atoms with Crippen LogP contribution in [0, 0.1) is 17.5 Å². The van der Waals surface area contributed by atoms with Crippen LogP contribution in [0.25, 0.3) is 6.08 Å². The Balaban J connectivity index is 3.24. The van der Waals surface area contributed by atoms with Crippen molar-refractivity contribution in [2.45, 2.75) is 6.92 Å². The fourth-order valence-electron chi connectivity index (χ4n) is 1.11. The highest BCUT2D eigenvalue weighted by Crippen LogP contribution is 2.19. The Hall–Kier alpha value is -1.78. The summed E-state index contributed by atoms with van der Waals surface area (Å²) in [5, 5.41) is 0. The average molecular weight is 230 g/mol. The van der Waals surface area contributed by atoms with Gasteiger partial charge in [-0.1, -0.05) is 0 Å². The third kappa shape index (κ3) is 2.42. The zero-order chi connectivity index (χ0) is 12.3. The van der Waals surface area contributed by atoms with Crippen LogP contribution in [0.5, 0.6) is 0 Å². The van der Waals surface area contributed by atoms with Gasteiger partial charge in [0.05, 0.1) is 7.11 Å². The predicted octanol–water partition coefficient (Wildman–Crippen LogP) is 2.68. The van der Waals surface area contributed by atoms with Gasteiger partial charge in [-0.25, -0.2) is 18.0 Å². The van der Waals surface area contributed by atoms with Gasteiger partial charge >= 0.3 is 5.97 Å². The molecule has 0 unspecified atom stereocenters. The lowest BCUT2D eigenvalue weighted by Gasteiger charge is -2.02. The van der Waals surface area contributed by atoms with Gasteiger partial charge in [-0.05, 0) is 25.1 Å². The number of rotatable bonds is 2. The van der Waals surface area contributed by atoms with E-state index >= 15 is 0 Å². The number of ether oxygens (including phenoxy) is 1. The molecular formula is C11H9F3O2. The summed E-state index contributed by atoms with van der Waals surface area (Å²) in [5.74, 6) is -4.18. The van der Waals surface area contributed by atoms with Gasteiger partial charge < -0.3 is 4.74 Å². The first-order valence-corrected chi connectivity index (χ1v) is 4.37. The van der Waals surface area contributed by atoms with Crippen LogP contribution in [0.4, 0.5) is 13.2 Å². The Labute approximate surface area is 90.3 Å². The highest BCUT2D eigenvalue weighted by Gasteiger charge is 2.13. The smallest absolute Gasteiger partial charge is 0.333 e. The fourth-order valence-corrected chi connectivity index (χ4v) is 1.11. The maximum absolute atomic E-state index is 13.2. The molecule has 1 rings (SSSR count). The van der Waals surface area contributed by atoms with Gasteiger partial charge in [0.25, 0.3) is 0 Å². The van der Waals surface area contributed by atoms with Crippen LogP contribution in [-0.4, -0.2) is 13.1 Å². The second-order valence-corrected chi connectivity index (χ2v) is 3.08. The van der Waals surface area contributed by atoms with Crippen LogP contribution in [-0.2, 0) is 9.53 Å². The minimum Gasteiger partial charge on any atom is -0.466 e. The van der Waals surface area contributed by atoms with Gasteiger partial charge in [0.2, 0.25) is 0 Å². The van der Waals surface area contributed by atoms with Gasteiger partial charge in [0.15, 0.2) is 11.6 Å². The van der Waals surface area contributed by atoms with E-state index in [0.29, 0.717) is 6.07 Å². The van der Waals surface area contributed by atoms with Crippen LogP contribution < -0.4 is 0 Å². The number of hydrogen-bond acceptors (Lipinski definition) is 2. The molecule has 2 nitrogen and oxygen atoms in total. The highest BCUT2D eigenvalue weighted by molar-refractivity contribution is 5.92. The molecule has 0 spiro atoms. The lowest BCUT2D eigenvalue weighted by Crippen LogP contribution is -2.02. The molecule has 0 aliphatic heterocycles. The largest absolute Gasteiger partial charge is 0.466 e. The Morgan fingerprint density at radius 2 is 1.81 bits per heavy atom. The van der Waals surface area contributed by atoms with Crippen LogP contribution in [0.2, 0.25) is 0 Å². The van der Waals surface area contributed by atoms with Crippen LogP contribution >= 0.6 is 0 Å². The summed E-state index contributed by atoms with van der Waals surface area (Å²) < 4.78 is 43.5. The average Bonchev–Trinajstić information content (AvgIpc) is 2.28. The minimum atomic E-state index is -1.33. The lowest BCUT2D eigenvalue weighted by atomic mass is 10.1. The molecule has 5 heteroatoms. The van der Waals surface area contributed by atoms with Crippen molar-refractivity contribution >= 4 is 12.0 Å². The zero-order valence-electron chi connectivity index (χ0n) is 8.68. The number of carbonyl (C=O) groups excluding carboxylic acids is 1. The van der Waals surface area contributed by atoms with E-state index in [1.165, 1.54) is 6.92 Å². The fraction of sp³-hybridized carbons (Fsp3) is 0.182. The highest BCUT2D eigenvalue weighted by atomic mass is 19.2. The number of halogens is 3. The second kappa shape index (κ2) is 4.83. The van der Waals surface area contributed by atoms with E-state index < -0.39 is 29.0 Å². The molecule has 0 amide bonds. The summed E-state index contributed by atoms with van der Waals surface area (Å²) in [6, 6.07) is 1.46. The van der Waals surface area contributed by atoms with Crippen molar-refractivity contribution in [2.75, 3.05) is 7.11 Å². The van der Waals surface area contributed by atoms with E-state index in [0.717, 1.165) is 19.3 Å². The molecule has 1 aromatic carbocycles. The molecule has 0 aliphatic rings. The van der Waals surface area contributed by atoms with Crippen molar-refractivity contribution in [3.05, 3.63) is 40.7 Å². The Bertz CT molecular complexity index is 453. The number of methoxy groups -OCH3 is 1. The molecule has 0 aromatic heterocycles. The van der Waals surface area contributed by atoms with Gasteiger partial charge in [-0.15, -0.1) is 0 Å².